The molecule has 0 amide bonds. The number of hydrogen-bond donors (Lipinski definition) is 2. The van der Waals surface area contributed by atoms with Crippen LogP contribution in [0, 0.1) is 0 Å². The molecule has 130 valence electrons. The van der Waals surface area contributed by atoms with Gasteiger partial charge in [0.15, 0.2) is 0 Å². The van der Waals surface area contributed by atoms with Crippen LogP contribution in [0.1, 0.15) is 18.6 Å². The number of allylic oxidation sites excluding steroid dienone is 5. The maximum atomic E-state index is 5.74. The van der Waals surface area contributed by atoms with E-state index in [0.717, 1.165) is 0 Å². The Morgan fingerprint density at radius 3 is 1.84 bits per heavy atom. The third-order valence-electron chi connectivity index (χ3n) is 2.66. The fraction of sp³-hybridized carbons (Fsp3) is 0.200. The van der Waals surface area contributed by atoms with E-state index in [0.29, 0.717) is 34.8 Å². The number of aromatic nitrogens is 6. The van der Waals surface area contributed by atoms with Crippen LogP contribution in [-0.4, -0.2) is 29.9 Å². The second-order valence-electron chi connectivity index (χ2n) is 4.59. The number of nitrogens with zero attached hydrogens (tertiary/aromatic N) is 6. The van der Waals surface area contributed by atoms with Gasteiger partial charge >= 0.3 is 0 Å². The first-order valence-corrected chi connectivity index (χ1v) is 9.49. The number of anilines is 2. The lowest BCUT2D eigenvalue weighted by atomic mass is 10.3. The molecule has 0 saturated carbocycles. The van der Waals surface area contributed by atoms with Crippen molar-refractivity contribution in [3.05, 3.63) is 48.6 Å². The van der Waals surface area contributed by atoms with E-state index >= 15 is 0 Å². The molecule has 0 fully saturated rings. The van der Waals surface area contributed by atoms with E-state index in [4.69, 9.17) is 11.5 Å². The van der Waals surface area contributed by atoms with Crippen LogP contribution < -0.4 is 11.5 Å². The average Bonchev–Trinajstić information content (AvgIpc) is 2.58. The number of nitrogen functional groups attached to an aromatic ring is 2. The van der Waals surface area contributed by atoms with Gasteiger partial charge in [0.25, 0.3) is 0 Å². The van der Waals surface area contributed by atoms with Crippen LogP contribution in [0.3, 0.4) is 0 Å². The molecule has 0 atom stereocenters. The van der Waals surface area contributed by atoms with Gasteiger partial charge in [0.1, 0.15) is 11.6 Å². The minimum absolute atomic E-state index is 0.170. The van der Waals surface area contributed by atoms with Crippen LogP contribution in [0.4, 0.5) is 11.9 Å². The van der Waals surface area contributed by atoms with Crippen molar-refractivity contribution < 1.29 is 0 Å². The molecule has 2 aromatic rings. The zero-order valence-corrected chi connectivity index (χ0v) is 15.3. The molecule has 2 rings (SSSR count). The van der Waals surface area contributed by atoms with Gasteiger partial charge in [-0.05, 0) is 28.5 Å². The summed E-state index contributed by atoms with van der Waals surface area (Å²) in [5, 5.41) is 0.970. The third-order valence-corrected chi connectivity index (χ3v) is 4.55. The predicted molar refractivity (Wildman–Crippen MR) is 102 cm³/mol. The van der Waals surface area contributed by atoms with Crippen molar-refractivity contribution in [3.63, 3.8) is 0 Å². The van der Waals surface area contributed by atoms with E-state index in [9.17, 15) is 0 Å². The Labute approximate surface area is 153 Å². The van der Waals surface area contributed by atoms with Crippen LogP contribution >= 0.6 is 21.6 Å². The van der Waals surface area contributed by atoms with Crippen LogP contribution in [-0.2, 0) is 12.8 Å². The fourth-order valence-electron chi connectivity index (χ4n) is 1.66. The Balaban J connectivity index is 2.09. The van der Waals surface area contributed by atoms with Gasteiger partial charge in [-0.25, -0.2) is 9.97 Å². The summed E-state index contributed by atoms with van der Waals surface area (Å²) >= 11 is 0. The predicted octanol–water partition coefficient (Wildman–Crippen LogP) is 2.42. The monoisotopic (exact) mass is 374 g/mol. The largest absolute Gasteiger partial charge is 0.368 e. The number of rotatable bonds is 8. The van der Waals surface area contributed by atoms with Gasteiger partial charge in [0.05, 0.1) is 0 Å². The van der Waals surface area contributed by atoms with Crippen molar-refractivity contribution in [2.75, 3.05) is 11.5 Å². The molecule has 0 spiro atoms. The van der Waals surface area contributed by atoms with E-state index in [1.807, 2.05) is 31.2 Å². The highest BCUT2D eigenvalue weighted by Crippen LogP contribution is 2.33. The topological polar surface area (TPSA) is 129 Å². The molecule has 0 radical (unpaired) electrons. The molecule has 0 aliphatic rings. The molecule has 0 saturated heterocycles. The lowest BCUT2D eigenvalue weighted by molar-refractivity contribution is 0.844. The first-order valence-electron chi connectivity index (χ1n) is 7.34. The lowest BCUT2D eigenvalue weighted by Crippen LogP contribution is -2.04. The molecule has 0 unspecified atom stereocenters. The van der Waals surface area contributed by atoms with E-state index in [1.165, 1.54) is 21.6 Å². The van der Waals surface area contributed by atoms with Crippen molar-refractivity contribution in [2.45, 2.75) is 30.1 Å². The Morgan fingerprint density at radius 1 is 0.840 bits per heavy atom. The van der Waals surface area contributed by atoms with Crippen molar-refractivity contribution in [2.24, 2.45) is 0 Å². The van der Waals surface area contributed by atoms with Gasteiger partial charge in [0, 0.05) is 12.8 Å². The Hall–Kier alpha value is -2.46. The lowest BCUT2D eigenvalue weighted by Gasteiger charge is -2.04. The quantitative estimate of drug-likeness (QED) is 0.403. The number of nitrogens with two attached hydrogens (primary N) is 2. The molecule has 0 bridgehead atoms. The summed E-state index contributed by atoms with van der Waals surface area (Å²) in [6, 6.07) is 0. The molecule has 0 aliphatic heterocycles. The van der Waals surface area contributed by atoms with E-state index in [-0.39, 0.29) is 11.9 Å². The standard InChI is InChI=1S/C15H18N8S2/c1-3-5-7-9-11-19-13(17)23-15(21-11)25-24-14-20-10(8-6-4-2)18-12(16)22-14/h3-7H,1,8-9H2,2H3,(H2,16,18,20,22)(H2,17,19,21,23)/b6-4-,7-5+. The van der Waals surface area contributed by atoms with Crippen LogP contribution in [0.5, 0.6) is 0 Å². The van der Waals surface area contributed by atoms with Gasteiger partial charge in [0.2, 0.25) is 22.2 Å². The summed E-state index contributed by atoms with van der Waals surface area (Å²) in [6.45, 7) is 5.55. The molecule has 8 nitrogen and oxygen atoms in total. The van der Waals surface area contributed by atoms with Gasteiger partial charge in [-0.2, -0.15) is 19.9 Å². The van der Waals surface area contributed by atoms with Crippen LogP contribution in [0.15, 0.2) is 47.3 Å². The molecule has 10 heteroatoms. The second kappa shape index (κ2) is 9.74. The molecule has 25 heavy (non-hydrogen) atoms. The summed E-state index contributed by atoms with van der Waals surface area (Å²) in [6.07, 6.45) is 10.4. The molecule has 2 heterocycles. The molecule has 0 aliphatic carbocycles. The third kappa shape index (κ3) is 6.51. The van der Waals surface area contributed by atoms with Crippen LogP contribution in [0.2, 0.25) is 0 Å². The van der Waals surface area contributed by atoms with Crippen molar-refractivity contribution in [3.8, 4) is 0 Å². The second-order valence-corrected chi connectivity index (χ2v) is 6.66. The molecular formula is C15H18N8S2. The van der Waals surface area contributed by atoms with Crippen molar-refractivity contribution in [1.82, 2.24) is 29.9 Å². The highest BCUT2D eigenvalue weighted by molar-refractivity contribution is 8.76. The summed E-state index contributed by atoms with van der Waals surface area (Å²) in [4.78, 5) is 25.1. The first-order chi connectivity index (χ1) is 12.1. The van der Waals surface area contributed by atoms with Gasteiger partial charge < -0.3 is 11.5 Å². The highest BCUT2D eigenvalue weighted by atomic mass is 33.1. The SMILES string of the molecule is C=C/C=C/Cc1nc(N)nc(SSc2nc(N)nc(C/C=C\C)n2)n1. The van der Waals surface area contributed by atoms with Gasteiger partial charge in [-0.1, -0.05) is 37.0 Å². The molecule has 2 aromatic heterocycles. The summed E-state index contributed by atoms with van der Waals surface area (Å²) in [5.41, 5.74) is 11.5. The van der Waals surface area contributed by atoms with Gasteiger partial charge in [-0.15, -0.1) is 0 Å². The maximum absolute atomic E-state index is 5.74. The Bertz CT molecular complexity index is 791. The summed E-state index contributed by atoms with van der Waals surface area (Å²) < 4.78 is 0. The Kier molecular flexibility index (Phi) is 7.36. The maximum Gasteiger partial charge on any atom is 0.224 e. The van der Waals surface area contributed by atoms with E-state index in [1.54, 1.807) is 6.08 Å². The summed E-state index contributed by atoms with van der Waals surface area (Å²) in [7, 11) is 2.58. The van der Waals surface area contributed by atoms with Crippen LogP contribution in [0.25, 0.3) is 0 Å². The zero-order chi connectivity index (χ0) is 18.1. The first kappa shape index (κ1) is 18.9. The molecule has 4 N–H and O–H groups in total. The Morgan fingerprint density at radius 2 is 1.36 bits per heavy atom. The smallest absolute Gasteiger partial charge is 0.224 e. The number of hydrogen-bond acceptors (Lipinski definition) is 10. The van der Waals surface area contributed by atoms with Crippen molar-refractivity contribution in [1.29, 1.82) is 0 Å². The van der Waals surface area contributed by atoms with E-state index in [2.05, 4.69) is 36.5 Å². The van der Waals surface area contributed by atoms with Gasteiger partial charge in [-0.3, -0.25) is 0 Å². The molecule has 0 aromatic carbocycles. The zero-order valence-electron chi connectivity index (χ0n) is 13.7. The minimum atomic E-state index is 0.170. The summed E-state index contributed by atoms with van der Waals surface area (Å²) in [5.74, 6) is 1.55. The molecular weight excluding hydrogens is 356 g/mol. The normalized spacial score (nSPS) is 11.4. The van der Waals surface area contributed by atoms with Crippen molar-refractivity contribution >= 4 is 33.5 Å². The highest BCUT2D eigenvalue weighted by Gasteiger charge is 2.09. The fourth-order valence-corrected chi connectivity index (χ4v) is 3.25. The average molecular weight is 374 g/mol. The van der Waals surface area contributed by atoms with E-state index < -0.39 is 0 Å². The minimum Gasteiger partial charge on any atom is -0.368 e.